The molecule has 3 rings (SSSR count). The van der Waals surface area contributed by atoms with Crippen LogP contribution < -0.4 is 5.32 Å². The predicted molar refractivity (Wildman–Crippen MR) is 72.3 cm³/mol. The summed E-state index contributed by atoms with van der Waals surface area (Å²) >= 11 is 0. The molecule has 0 aromatic carbocycles. The van der Waals surface area contributed by atoms with Crippen LogP contribution in [0.15, 0.2) is 12.1 Å². The van der Waals surface area contributed by atoms with E-state index in [1.54, 1.807) is 0 Å². The Balaban J connectivity index is 1.80. The van der Waals surface area contributed by atoms with E-state index in [1.807, 2.05) is 26.0 Å². The van der Waals surface area contributed by atoms with Gasteiger partial charge < -0.3 is 10.1 Å². The van der Waals surface area contributed by atoms with Crippen molar-refractivity contribution in [3.05, 3.63) is 29.1 Å². The Morgan fingerprint density at radius 2 is 1.95 bits per heavy atom. The van der Waals surface area contributed by atoms with Gasteiger partial charge >= 0.3 is 0 Å². The summed E-state index contributed by atoms with van der Waals surface area (Å²) in [5, 5.41) is 3.52. The maximum absolute atomic E-state index is 12.7. The molecule has 2 saturated heterocycles. The lowest BCUT2D eigenvalue weighted by Gasteiger charge is -2.39. The number of rotatable bonds is 2. The highest BCUT2D eigenvalue weighted by Crippen LogP contribution is 2.27. The first-order valence-electron chi connectivity index (χ1n) is 6.95. The summed E-state index contributed by atoms with van der Waals surface area (Å²) in [6.45, 7) is 5.33. The third kappa shape index (κ3) is 2.55. The van der Waals surface area contributed by atoms with E-state index in [0.29, 0.717) is 12.1 Å². The SMILES string of the molecule is Cc1ccc(C(=O)C2CC3COCC(C2)N3)c(C)n1. The van der Waals surface area contributed by atoms with E-state index in [1.165, 1.54) is 0 Å². The van der Waals surface area contributed by atoms with E-state index in [0.717, 1.165) is 43.0 Å². The molecule has 102 valence electrons. The van der Waals surface area contributed by atoms with Gasteiger partial charge in [-0.05, 0) is 38.8 Å². The van der Waals surface area contributed by atoms with Crippen molar-refractivity contribution in [1.82, 2.24) is 10.3 Å². The normalized spacial score (nSPS) is 30.1. The number of hydrogen-bond donors (Lipinski definition) is 1. The van der Waals surface area contributed by atoms with Crippen LogP contribution in [0, 0.1) is 19.8 Å². The zero-order valence-electron chi connectivity index (χ0n) is 11.5. The number of carbonyl (C=O) groups is 1. The molecule has 0 radical (unpaired) electrons. The molecule has 4 heteroatoms. The Kier molecular flexibility index (Phi) is 3.37. The second kappa shape index (κ2) is 5.02. The summed E-state index contributed by atoms with van der Waals surface area (Å²) in [6, 6.07) is 4.51. The van der Waals surface area contributed by atoms with Crippen LogP contribution in [0.25, 0.3) is 0 Å². The summed E-state index contributed by atoms with van der Waals surface area (Å²) in [6.07, 6.45) is 1.76. The van der Waals surface area contributed by atoms with Gasteiger partial charge in [-0.15, -0.1) is 0 Å². The minimum absolute atomic E-state index is 0.114. The van der Waals surface area contributed by atoms with Gasteiger partial charge in [0.15, 0.2) is 5.78 Å². The zero-order valence-corrected chi connectivity index (χ0v) is 11.5. The molecule has 4 nitrogen and oxygen atoms in total. The van der Waals surface area contributed by atoms with E-state index >= 15 is 0 Å². The van der Waals surface area contributed by atoms with Crippen molar-refractivity contribution < 1.29 is 9.53 Å². The third-order valence-corrected chi connectivity index (χ3v) is 4.11. The molecule has 19 heavy (non-hydrogen) atoms. The molecule has 1 N–H and O–H groups in total. The fraction of sp³-hybridized carbons (Fsp3) is 0.600. The number of ketones is 1. The fourth-order valence-corrected chi connectivity index (χ4v) is 3.22. The Labute approximate surface area is 113 Å². The minimum Gasteiger partial charge on any atom is -0.378 e. The van der Waals surface area contributed by atoms with E-state index in [-0.39, 0.29) is 11.7 Å². The molecule has 3 heterocycles. The molecular formula is C15H20N2O2. The molecule has 2 bridgehead atoms. The fourth-order valence-electron chi connectivity index (χ4n) is 3.22. The topological polar surface area (TPSA) is 51.2 Å². The number of Topliss-reactive ketones (excluding diaryl/α,β-unsaturated/α-hetero) is 1. The molecule has 0 spiro atoms. The maximum atomic E-state index is 12.7. The van der Waals surface area contributed by atoms with E-state index < -0.39 is 0 Å². The first kappa shape index (κ1) is 12.8. The lowest BCUT2D eigenvalue weighted by Crippen LogP contribution is -2.55. The number of aromatic nitrogens is 1. The molecule has 1 aromatic rings. The Morgan fingerprint density at radius 3 is 2.58 bits per heavy atom. The van der Waals surface area contributed by atoms with E-state index in [4.69, 9.17) is 4.74 Å². The van der Waals surface area contributed by atoms with Crippen LogP contribution in [0.2, 0.25) is 0 Å². The second-order valence-corrected chi connectivity index (χ2v) is 5.72. The van der Waals surface area contributed by atoms with Crippen molar-refractivity contribution in [3.8, 4) is 0 Å². The number of piperidine rings is 1. The largest absolute Gasteiger partial charge is 0.378 e. The van der Waals surface area contributed by atoms with Gasteiger partial charge in [-0.1, -0.05) is 0 Å². The highest BCUT2D eigenvalue weighted by atomic mass is 16.5. The number of carbonyl (C=O) groups excluding carboxylic acids is 1. The lowest BCUT2D eigenvalue weighted by atomic mass is 9.82. The van der Waals surface area contributed by atoms with Gasteiger partial charge in [-0.25, -0.2) is 0 Å². The molecular weight excluding hydrogens is 240 g/mol. The number of nitrogens with zero attached hydrogens (tertiary/aromatic N) is 1. The number of hydrogen-bond acceptors (Lipinski definition) is 4. The molecule has 2 aliphatic heterocycles. The van der Waals surface area contributed by atoms with Crippen molar-refractivity contribution in [2.24, 2.45) is 5.92 Å². The second-order valence-electron chi connectivity index (χ2n) is 5.72. The van der Waals surface area contributed by atoms with Crippen molar-refractivity contribution in [2.75, 3.05) is 13.2 Å². The van der Waals surface area contributed by atoms with Crippen LogP contribution in [0.3, 0.4) is 0 Å². The van der Waals surface area contributed by atoms with Crippen LogP contribution in [0.1, 0.15) is 34.6 Å². The molecule has 2 atom stereocenters. The van der Waals surface area contributed by atoms with Gasteiger partial charge in [-0.3, -0.25) is 9.78 Å². The number of pyridine rings is 1. The van der Waals surface area contributed by atoms with Gasteiger partial charge in [0.2, 0.25) is 0 Å². The summed E-state index contributed by atoms with van der Waals surface area (Å²) in [5.74, 6) is 0.367. The highest BCUT2D eigenvalue weighted by Gasteiger charge is 2.35. The van der Waals surface area contributed by atoms with Crippen LogP contribution >= 0.6 is 0 Å². The average molecular weight is 260 g/mol. The standard InChI is InChI=1S/C15H20N2O2/c1-9-3-4-14(10(2)16-9)15(18)11-5-12-7-19-8-13(6-11)17-12/h3-4,11-13,17H,5-8H2,1-2H3. The summed E-state index contributed by atoms with van der Waals surface area (Å²) < 4.78 is 5.52. The van der Waals surface area contributed by atoms with Gasteiger partial charge in [0.25, 0.3) is 0 Å². The van der Waals surface area contributed by atoms with Crippen molar-refractivity contribution in [2.45, 2.75) is 38.8 Å². The Morgan fingerprint density at radius 1 is 1.26 bits per heavy atom. The minimum atomic E-state index is 0.114. The third-order valence-electron chi connectivity index (χ3n) is 4.11. The monoisotopic (exact) mass is 260 g/mol. The van der Waals surface area contributed by atoms with Crippen LogP contribution in [-0.4, -0.2) is 36.1 Å². The number of nitrogens with one attached hydrogen (secondary N) is 1. The summed E-state index contributed by atoms with van der Waals surface area (Å²) in [7, 11) is 0. The smallest absolute Gasteiger partial charge is 0.167 e. The van der Waals surface area contributed by atoms with Gasteiger partial charge in [0, 0.05) is 35.0 Å². The average Bonchev–Trinajstić information content (AvgIpc) is 2.37. The Hall–Kier alpha value is -1.26. The first-order chi connectivity index (χ1) is 9.13. The summed E-state index contributed by atoms with van der Waals surface area (Å²) in [4.78, 5) is 17.1. The van der Waals surface area contributed by atoms with Gasteiger partial charge in [0.05, 0.1) is 13.2 Å². The van der Waals surface area contributed by atoms with E-state index in [2.05, 4.69) is 10.3 Å². The van der Waals surface area contributed by atoms with Crippen molar-refractivity contribution in [3.63, 3.8) is 0 Å². The van der Waals surface area contributed by atoms with Gasteiger partial charge in [-0.2, -0.15) is 0 Å². The van der Waals surface area contributed by atoms with Crippen molar-refractivity contribution in [1.29, 1.82) is 0 Å². The molecule has 2 aliphatic rings. The number of morpholine rings is 1. The highest BCUT2D eigenvalue weighted by molar-refractivity contribution is 5.98. The predicted octanol–water partition coefficient (Wildman–Crippen LogP) is 1.65. The zero-order chi connectivity index (χ0) is 13.4. The first-order valence-corrected chi connectivity index (χ1v) is 6.95. The number of ether oxygens (including phenoxy) is 1. The van der Waals surface area contributed by atoms with E-state index in [9.17, 15) is 4.79 Å². The molecule has 2 fully saturated rings. The number of fused-ring (bicyclic) bond motifs is 2. The number of aryl methyl sites for hydroxylation is 2. The molecule has 2 unspecified atom stereocenters. The molecule has 0 amide bonds. The van der Waals surface area contributed by atoms with Crippen LogP contribution in [-0.2, 0) is 4.74 Å². The molecule has 0 aliphatic carbocycles. The maximum Gasteiger partial charge on any atom is 0.167 e. The lowest BCUT2D eigenvalue weighted by molar-refractivity contribution is 0.00951. The van der Waals surface area contributed by atoms with Crippen LogP contribution in [0.4, 0.5) is 0 Å². The van der Waals surface area contributed by atoms with Crippen molar-refractivity contribution >= 4 is 5.78 Å². The van der Waals surface area contributed by atoms with Gasteiger partial charge in [0.1, 0.15) is 0 Å². The quantitative estimate of drug-likeness (QED) is 0.821. The molecule has 0 saturated carbocycles. The Bertz CT molecular complexity index is 489. The summed E-state index contributed by atoms with van der Waals surface area (Å²) in [5.41, 5.74) is 2.60. The van der Waals surface area contributed by atoms with Crippen LogP contribution in [0.5, 0.6) is 0 Å². The molecule has 1 aromatic heterocycles.